The van der Waals surface area contributed by atoms with E-state index in [0.29, 0.717) is 22.6 Å². The van der Waals surface area contributed by atoms with Crippen LogP contribution in [0.3, 0.4) is 0 Å². The molecule has 0 aliphatic carbocycles. The van der Waals surface area contributed by atoms with E-state index in [1.807, 2.05) is 0 Å². The summed E-state index contributed by atoms with van der Waals surface area (Å²) >= 11 is 0. The second-order valence-corrected chi connectivity index (χ2v) is 3.85. The van der Waals surface area contributed by atoms with Crippen LogP contribution >= 0.6 is 0 Å². The molecule has 0 radical (unpaired) electrons. The zero-order valence-electron chi connectivity index (χ0n) is 9.60. The fourth-order valence-electron chi connectivity index (χ4n) is 1.82. The smallest absolute Gasteiger partial charge is 0.128 e. The van der Waals surface area contributed by atoms with Gasteiger partial charge in [-0.05, 0) is 24.3 Å². The number of halogens is 1. The van der Waals surface area contributed by atoms with Gasteiger partial charge < -0.3 is 11.5 Å². The maximum atomic E-state index is 13.3. The molecule has 0 fully saturated rings. The molecular weight excluding hydrogens is 233 g/mol. The minimum Gasteiger partial charge on any atom is -0.398 e. The van der Waals surface area contributed by atoms with Gasteiger partial charge in [0.2, 0.25) is 0 Å². The number of hydrogen-bond donors (Lipinski definition) is 4. The number of hydrazine groups is 1. The highest BCUT2D eigenvalue weighted by Gasteiger charge is 2.18. The molecule has 0 bridgehead atoms. The Morgan fingerprint density at radius 3 is 2.61 bits per heavy atom. The lowest BCUT2D eigenvalue weighted by Crippen LogP contribution is -2.30. The van der Waals surface area contributed by atoms with Crippen LogP contribution in [0, 0.1) is 5.82 Å². The first-order chi connectivity index (χ1) is 8.63. The van der Waals surface area contributed by atoms with Crippen molar-refractivity contribution in [2.75, 3.05) is 11.5 Å². The first-order valence-electron chi connectivity index (χ1n) is 5.35. The summed E-state index contributed by atoms with van der Waals surface area (Å²) in [5.41, 5.74) is 15.8. The highest BCUT2D eigenvalue weighted by Crippen LogP contribution is 2.29. The van der Waals surface area contributed by atoms with Crippen molar-refractivity contribution in [3.63, 3.8) is 0 Å². The molecule has 1 unspecified atom stereocenters. The monoisotopic (exact) mass is 247 g/mol. The quantitative estimate of drug-likeness (QED) is 0.367. The fourth-order valence-corrected chi connectivity index (χ4v) is 1.82. The van der Waals surface area contributed by atoms with Crippen LogP contribution in [0.5, 0.6) is 0 Å². The Balaban J connectivity index is 2.52. The molecule has 0 aliphatic rings. The molecule has 0 aliphatic heterocycles. The lowest BCUT2D eigenvalue weighted by molar-refractivity contribution is 0.606. The van der Waals surface area contributed by atoms with Crippen LogP contribution in [0.15, 0.2) is 36.5 Å². The molecule has 1 aromatic heterocycles. The number of hydrogen-bond acceptors (Lipinski definition) is 5. The Hall–Kier alpha value is -2.18. The van der Waals surface area contributed by atoms with Gasteiger partial charge in [0.25, 0.3) is 0 Å². The van der Waals surface area contributed by atoms with E-state index in [9.17, 15) is 4.39 Å². The summed E-state index contributed by atoms with van der Waals surface area (Å²) in [4.78, 5) is 3.97. The molecule has 0 amide bonds. The van der Waals surface area contributed by atoms with E-state index in [4.69, 9.17) is 17.3 Å². The van der Waals surface area contributed by atoms with Gasteiger partial charge in [-0.3, -0.25) is 5.84 Å². The summed E-state index contributed by atoms with van der Waals surface area (Å²) < 4.78 is 13.3. The third kappa shape index (κ3) is 2.24. The zero-order chi connectivity index (χ0) is 13.1. The number of benzene rings is 1. The van der Waals surface area contributed by atoms with Crippen molar-refractivity contribution in [2.45, 2.75) is 6.04 Å². The highest BCUT2D eigenvalue weighted by molar-refractivity contribution is 5.54. The number of pyridine rings is 1. The van der Waals surface area contributed by atoms with Gasteiger partial charge in [-0.15, -0.1) is 0 Å². The molecule has 2 aromatic rings. The van der Waals surface area contributed by atoms with Gasteiger partial charge in [0.15, 0.2) is 0 Å². The first kappa shape index (κ1) is 12.3. The van der Waals surface area contributed by atoms with Crippen molar-refractivity contribution < 1.29 is 4.39 Å². The van der Waals surface area contributed by atoms with Crippen LogP contribution in [0.25, 0.3) is 0 Å². The van der Waals surface area contributed by atoms with Gasteiger partial charge in [-0.25, -0.2) is 14.8 Å². The third-order valence-electron chi connectivity index (χ3n) is 2.71. The van der Waals surface area contributed by atoms with Gasteiger partial charge in [0.1, 0.15) is 11.6 Å². The Labute approximate surface area is 104 Å². The van der Waals surface area contributed by atoms with Crippen molar-refractivity contribution in [1.29, 1.82) is 0 Å². The number of nitrogens with zero attached hydrogens (tertiary/aromatic N) is 1. The van der Waals surface area contributed by atoms with Crippen molar-refractivity contribution in [1.82, 2.24) is 10.4 Å². The standard InChI is InChI=1S/C12H14FN5/c13-7-3-4-10(14)9(6-7)11(18-16)8-2-1-5-17-12(8)15/h1-6,11,18H,14,16H2,(H2,15,17). The number of nitrogen functional groups attached to an aromatic ring is 2. The number of aromatic nitrogens is 1. The van der Waals surface area contributed by atoms with E-state index in [1.54, 1.807) is 18.3 Å². The van der Waals surface area contributed by atoms with E-state index in [0.717, 1.165) is 0 Å². The van der Waals surface area contributed by atoms with E-state index in [1.165, 1.54) is 18.2 Å². The lowest BCUT2D eigenvalue weighted by Gasteiger charge is -2.19. The predicted molar refractivity (Wildman–Crippen MR) is 68.6 cm³/mol. The number of rotatable bonds is 3. The second-order valence-electron chi connectivity index (χ2n) is 3.85. The van der Waals surface area contributed by atoms with E-state index < -0.39 is 6.04 Å². The van der Waals surface area contributed by atoms with Gasteiger partial charge in [-0.2, -0.15) is 0 Å². The number of anilines is 2. The molecule has 1 aromatic carbocycles. The fraction of sp³-hybridized carbons (Fsp3) is 0.0833. The molecule has 1 atom stereocenters. The molecule has 7 N–H and O–H groups in total. The van der Waals surface area contributed by atoms with Gasteiger partial charge in [-0.1, -0.05) is 6.07 Å². The average molecular weight is 247 g/mol. The highest BCUT2D eigenvalue weighted by atomic mass is 19.1. The van der Waals surface area contributed by atoms with Gasteiger partial charge in [0, 0.05) is 23.0 Å². The summed E-state index contributed by atoms with van der Waals surface area (Å²) in [5, 5.41) is 0. The van der Waals surface area contributed by atoms with Crippen molar-refractivity contribution in [3.8, 4) is 0 Å². The molecular formula is C12H14FN5. The van der Waals surface area contributed by atoms with Crippen LogP contribution < -0.4 is 22.7 Å². The van der Waals surface area contributed by atoms with E-state index in [-0.39, 0.29) is 5.82 Å². The SMILES string of the molecule is NNC(c1cc(F)ccc1N)c1cccnc1N. The summed E-state index contributed by atoms with van der Waals surface area (Å²) in [7, 11) is 0. The Morgan fingerprint density at radius 1 is 1.17 bits per heavy atom. The first-order valence-corrected chi connectivity index (χ1v) is 5.35. The van der Waals surface area contributed by atoms with Crippen LogP contribution in [-0.4, -0.2) is 4.98 Å². The van der Waals surface area contributed by atoms with Gasteiger partial charge in [0.05, 0.1) is 6.04 Å². The molecule has 1 heterocycles. The molecule has 18 heavy (non-hydrogen) atoms. The summed E-state index contributed by atoms with van der Waals surface area (Å²) in [6, 6.07) is 7.09. The lowest BCUT2D eigenvalue weighted by atomic mass is 9.98. The molecule has 94 valence electrons. The van der Waals surface area contributed by atoms with Crippen LogP contribution in [0.1, 0.15) is 17.2 Å². The van der Waals surface area contributed by atoms with Crippen molar-refractivity contribution >= 4 is 11.5 Å². The summed E-state index contributed by atoms with van der Waals surface area (Å²) in [6.45, 7) is 0. The minimum atomic E-state index is -0.505. The predicted octanol–water partition coefficient (Wildman–Crippen LogP) is 0.938. The van der Waals surface area contributed by atoms with Crippen LogP contribution in [-0.2, 0) is 0 Å². The van der Waals surface area contributed by atoms with E-state index >= 15 is 0 Å². The van der Waals surface area contributed by atoms with Gasteiger partial charge >= 0.3 is 0 Å². The van der Waals surface area contributed by atoms with Crippen LogP contribution in [0.2, 0.25) is 0 Å². The number of nitrogens with one attached hydrogen (secondary N) is 1. The van der Waals surface area contributed by atoms with Crippen molar-refractivity contribution in [2.24, 2.45) is 5.84 Å². The Morgan fingerprint density at radius 2 is 1.94 bits per heavy atom. The molecule has 0 spiro atoms. The van der Waals surface area contributed by atoms with Crippen molar-refractivity contribution in [3.05, 3.63) is 53.5 Å². The Bertz CT molecular complexity index is 558. The van der Waals surface area contributed by atoms with E-state index in [2.05, 4.69) is 10.4 Å². The third-order valence-corrected chi connectivity index (χ3v) is 2.71. The molecule has 0 saturated carbocycles. The topological polar surface area (TPSA) is 103 Å². The molecule has 0 saturated heterocycles. The zero-order valence-corrected chi connectivity index (χ0v) is 9.60. The maximum Gasteiger partial charge on any atom is 0.128 e. The minimum absolute atomic E-state index is 0.323. The average Bonchev–Trinajstić information content (AvgIpc) is 2.36. The number of nitrogens with two attached hydrogens (primary N) is 3. The second kappa shape index (κ2) is 4.99. The summed E-state index contributed by atoms with van der Waals surface area (Å²) in [5.74, 6) is 5.45. The molecule has 5 nitrogen and oxygen atoms in total. The summed E-state index contributed by atoms with van der Waals surface area (Å²) in [6.07, 6.45) is 1.57. The van der Waals surface area contributed by atoms with Crippen LogP contribution in [0.4, 0.5) is 15.9 Å². The largest absolute Gasteiger partial charge is 0.398 e. The normalized spacial score (nSPS) is 12.3. The maximum absolute atomic E-state index is 13.3. The Kier molecular flexibility index (Phi) is 3.40. The molecule has 6 heteroatoms. The molecule has 2 rings (SSSR count).